The van der Waals surface area contributed by atoms with Gasteiger partial charge in [-0.15, -0.1) is 0 Å². The van der Waals surface area contributed by atoms with Crippen LogP contribution < -0.4 is 0 Å². The number of aromatic nitrogens is 1. The molecule has 0 aliphatic heterocycles. The zero-order chi connectivity index (χ0) is 10.8. The van der Waals surface area contributed by atoms with Gasteiger partial charge in [-0.3, -0.25) is 4.98 Å². The van der Waals surface area contributed by atoms with Crippen LogP contribution in [0.2, 0.25) is 5.02 Å². The average Bonchev–Trinajstić information content (AvgIpc) is 2.22. The minimum absolute atomic E-state index is 0.327. The molecule has 1 aromatic heterocycles. The second-order valence-electron chi connectivity index (χ2n) is 2.96. The first-order valence-electron chi connectivity index (χ1n) is 4.24. The summed E-state index contributed by atoms with van der Waals surface area (Å²) in [4.78, 5) is 4.07. The number of benzene rings is 1. The fourth-order valence-corrected chi connectivity index (χ4v) is 1.78. The van der Waals surface area contributed by atoms with Crippen LogP contribution in [0.15, 0.2) is 41.0 Å². The standard InChI is InChI=1S/C11H6BrClFN/c12-9-3-1-2-8(11(9)14)10-6-7(13)4-5-15-10/h1-6H. The van der Waals surface area contributed by atoms with E-state index in [0.29, 0.717) is 20.8 Å². The van der Waals surface area contributed by atoms with Crippen molar-refractivity contribution in [2.24, 2.45) is 0 Å². The Hall–Kier alpha value is -0.930. The molecule has 0 atom stereocenters. The SMILES string of the molecule is Fc1c(Br)cccc1-c1cc(Cl)ccn1. The molecular formula is C11H6BrClFN. The van der Waals surface area contributed by atoms with Gasteiger partial charge in [0.05, 0.1) is 10.2 Å². The van der Waals surface area contributed by atoms with Crippen molar-refractivity contribution in [3.63, 3.8) is 0 Å². The first kappa shape index (κ1) is 10.6. The van der Waals surface area contributed by atoms with Crippen molar-refractivity contribution < 1.29 is 4.39 Å². The van der Waals surface area contributed by atoms with E-state index in [9.17, 15) is 4.39 Å². The normalized spacial score (nSPS) is 10.3. The first-order valence-corrected chi connectivity index (χ1v) is 5.41. The smallest absolute Gasteiger partial charge is 0.146 e. The van der Waals surface area contributed by atoms with Gasteiger partial charge < -0.3 is 0 Å². The van der Waals surface area contributed by atoms with Gasteiger partial charge >= 0.3 is 0 Å². The van der Waals surface area contributed by atoms with Gasteiger partial charge in [0, 0.05) is 16.8 Å². The van der Waals surface area contributed by atoms with Gasteiger partial charge in [-0.25, -0.2) is 4.39 Å². The molecule has 0 aliphatic rings. The summed E-state index contributed by atoms with van der Waals surface area (Å²) in [6, 6.07) is 8.35. The Balaban J connectivity index is 2.59. The lowest BCUT2D eigenvalue weighted by molar-refractivity contribution is 0.624. The fourth-order valence-electron chi connectivity index (χ4n) is 1.25. The molecule has 0 radical (unpaired) electrons. The van der Waals surface area contributed by atoms with E-state index in [1.54, 1.807) is 36.5 Å². The van der Waals surface area contributed by atoms with Crippen LogP contribution in [-0.4, -0.2) is 4.98 Å². The zero-order valence-electron chi connectivity index (χ0n) is 7.55. The molecule has 1 nitrogen and oxygen atoms in total. The molecular weight excluding hydrogens is 280 g/mol. The molecule has 0 fully saturated rings. The molecule has 2 aromatic rings. The predicted octanol–water partition coefficient (Wildman–Crippen LogP) is 4.30. The minimum Gasteiger partial charge on any atom is -0.256 e. The summed E-state index contributed by atoms with van der Waals surface area (Å²) in [5, 5.41) is 0.541. The topological polar surface area (TPSA) is 12.9 Å². The van der Waals surface area contributed by atoms with Crippen molar-refractivity contribution in [2.45, 2.75) is 0 Å². The number of nitrogens with zero attached hydrogens (tertiary/aromatic N) is 1. The van der Waals surface area contributed by atoms with Crippen LogP contribution in [0.5, 0.6) is 0 Å². The van der Waals surface area contributed by atoms with Crippen LogP contribution in [-0.2, 0) is 0 Å². The third-order valence-electron chi connectivity index (χ3n) is 1.95. The van der Waals surface area contributed by atoms with Crippen LogP contribution in [0.1, 0.15) is 0 Å². The number of halogens is 3. The van der Waals surface area contributed by atoms with Crippen LogP contribution in [0, 0.1) is 5.82 Å². The summed E-state index contributed by atoms with van der Waals surface area (Å²) in [6.45, 7) is 0. The molecule has 2 rings (SSSR count). The van der Waals surface area contributed by atoms with E-state index in [2.05, 4.69) is 20.9 Å². The highest BCUT2D eigenvalue weighted by Gasteiger charge is 2.09. The van der Waals surface area contributed by atoms with E-state index in [0.717, 1.165) is 0 Å². The highest BCUT2D eigenvalue weighted by Crippen LogP contribution is 2.27. The molecule has 0 N–H and O–H groups in total. The highest BCUT2D eigenvalue weighted by atomic mass is 79.9. The molecule has 15 heavy (non-hydrogen) atoms. The Labute approximate surface area is 100 Å². The second-order valence-corrected chi connectivity index (χ2v) is 4.25. The van der Waals surface area contributed by atoms with Crippen molar-refractivity contribution in [3.8, 4) is 11.3 Å². The molecule has 0 amide bonds. The first-order chi connectivity index (χ1) is 7.18. The molecule has 0 unspecified atom stereocenters. The van der Waals surface area contributed by atoms with Gasteiger partial charge in [0.15, 0.2) is 0 Å². The third kappa shape index (κ3) is 2.19. The molecule has 1 heterocycles. The van der Waals surface area contributed by atoms with E-state index in [4.69, 9.17) is 11.6 Å². The molecule has 4 heteroatoms. The Morgan fingerprint density at radius 2 is 2.07 bits per heavy atom. The molecule has 0 aliphatic carbocycles. The monoisotopic (exact) mass is 285 g/mol. The zero-order valence-corrected chi connectivity index (χ0v) is 9.89. The van der Waals surface area contributed by atoms with E-state index >= 15 is 0 Å². The lowest BCUT2D eigenvalue weighted by Crippen LogP contribution is -1.88. The van der Waals surface area contributed by atoms with Crippen LogP contribution in [0.4, 0.5) is 4.39 Å². The van der Waals surface area contributed by atoms with E-state index in [1.165, 1.54) is 0 Å². The van der Waals surface area contributed by atoms with Gasteiger partial charge in [-0.2, -0.15) is 0 Å². The number of hydrogen-bond acceptors (Lipinski definition) is 1. The van der Waals surface area contributed by atoms with Gasteiger partial charge in [0.2, 0.25) is 0 Å². The fraction of sp³-hybridized carbons (Fsp3) is 0. The maximum absolute atomic E-state index is 13.7. The molecule has 76 valence electrons. The minimum atomic E-state index is -0.327. The average molecular weight is 287 g/mol. The summed E-state index contributed by atoms with van der Waals surface area (Å²) < 4.78 is 14.1. The number of rotatable bonds is 1. The Morgan fingerprint density at radius 1 is 1.27 bits per heavy atom. The molecule has 1 aromatic carbocycles. The van der Waals surface area contributed by atoms with Crippen molar-refractivity contribution in [2.75, 3.05) is 0 Å². The quantitative estimate of drug-likeness (QED) is 0.761. The van der Waals surface area contributed by atoms with Crippen LogP contribution in [0.25, 0.3) is 11.3 Å². The Bertz CT molecular complexity index is 502. The van der Waals surface area contributed by atoms with E-state index < -0.39 is 0 Å². The van der Waals surface area contributed by atoms with Crippen molar-refractivity contribution in [3.05, 3.63) is 51.8 Å². The Kier molecular flexibility index (Phi) is 3.03. The number of pyridine rings is 1. The highest BCUT2D eigenvalue weighted by molar-refractivity contribution is 9.10. The maximum atomic E-state index is 13.7. The Morgan fingerprint density at radius 3 is 2.80 bits per heavy atom. The van der Waals surface area contributed by atoms with Crippen LogP contribution >= 0.6 is 27.5 Å². The maximum Gasteiger partial charge on any atom is 0.146 e. The van der Waals surface area contributed by atoms with Crippen molar-refractivity contribution in [1.29, 1.82) is 0 Å². The van der Waals surface area contributed by atoms with Gasteiger partial charge in [-0.05, 0) is 40.2 Å². The van der Waals surface area contributed by atoms with E-state index in [1.807, 2.05) is 0 Å². The number of hydrogen-bond donors (Lipinski definition) is 0. The lowest BCUT2D eigenvalue weighted by Gasteiger charge is -2.03. The van der Waals surface area contributed by atoms with E-state index in [-0.39, 0.29) is 5.82 Å². The summed E-state index contributed by atoms with van der Waals surface area (Å²) in [6.07, 6.45) is 1.55. The third-order valence-corrected chi connectivity index (χ3v) is 2.80. The second kappa shape index (κ2) is 4.29. The van der Waals surface area contributed by atoms with Crippen molar-refractivity contribution >= 4 is 27.5 Å². The molecule has 0 spiro atoms. The lowest BCUT2D eigenvalue weighted by atomic mass is 10.1. The molecule has 0 saturated heterocycles. The summed E-state index contributed by atoms with van der Waals surface area (Å²) in [7, 11) is 0. The predicted molar refractivity (Wildman–Crippen MR) is 62.3 cm³/mol. The largest absolute Gasteiger partial charge is 0.256 e. The van der Waals surface area contributed by atoms with Gasteiger partial charge in [-0.1, -0.05) is 17.7 Å². The summed E-state index contributed by atoms with van der Waals surface area (Å²) in [5.41, 5.74) is 0.966. The van der Waals surface area contributed by atoms with Crippen LogP contribution in [0.3, 0.4) is 0 Å². The van der Waals surface area contributed by atoms with Gasteiger partial charge in [0.1, 0.15) is 5.82 Å². The molecule has 0 bridgehead atoms. The summed E-state index contributed by atoms with van der Waals surface area (Å²) in [5.74, 6) is -0.327. The van der Waals surface area contributed by atoms with Crippen molar-refractivity contribution in [1.82, 2.24) is 4.98 Å². The van der Waals surface area contributed by atoms with Gasteiger partial charge in [0.25, 0.3) is 0 Å². The molecule has 0 saturated carbocycles. The summed E-state index contributed by atoms with van der Waals surface area (Å²) >= 11 is 8.94.